The summed E-state index contributed by atoms with van der Waals surface area (Å²) in [6, 6.07) is 6.23. The number of nitrogens with zero attached hydrogens (tertiary/aromatic N) is 3. The van der Waals surface area contributed by atoms with Gasteiger partial charge >= 0.3 is 0 Å². The minimum Gasteiger partial charge on any atom is -0.370 e. The number of fused-ring (bicyclic) bond motifs is 1. The molecule has 2 heterocycles. The molecule has 0 saturated carbocycles. The number of aromatic nitrogens is 2. The van der Waals surface area contributed by atoms with Crippen molar-refractivity contribution in [1.29, 1.82) is 0 Å². The van der Waals surface area contributed by atoms with E-state index in [1.807, 2.05) is 37.8 Å². The molecule has 1 aromatic carbocycles. The Kier molecular flexibility index (Phi) is 4.26. The predicted molar refractivity (Wildman–Crippen MR) is 96.1 cm³/mol. The molecular weight excluding hydrogens is 300 g/mol. The number of anilines is 1. The lowest BCUT2D eigenvalue weighted by atomic mass is 10.0. The Morgan fingerprint density at radius 1 is 1.25 bits per heavy atom. The van der Waals surface area contributed by atoms with Gasteiger partial charge in [0, 0.05) is 23.7 Å². The summed E-state index contributed by atoms with van der Waals surface area (Å²) in [6.07, 6.45) is 0. The van der Waals surface area contributed by atoms with Crippen LogP contribution in [0.3, 0.4) is 0 Å². The van der Waals surface area contributed by atoms with Crippen molar-refractivity contribution in [3.05, 3.63) is 40.6 Å². The van der Waals surface area contributed by atoms with Crippen LogP contribution in [0.4, 0.5) is 5.82 Å². The largest absolute Gasteiger partial charge is 0.370 e. The van der Waals surface area contributed by atoms with Crippen molar-refractivity contribution in [2.45, 2.75) is 47.2 Å². The van der Waals surface area contributed by atoms with Crippen LogP contribution in [-0.4, -0.2) is 33.4 Å². The molecule has 0 saturated heterocycles. The highest BCUT2D eigenvalue weighted by molar-refractivity contribution is 5.98. The number of rotatable bonds is 4. The second kappa shape index (κ2) is 6.23. The fraction of sp³-hybridized carbons (Fsp3) is 0.421. The summed E-state index contributed by atoms with van der Waals surface area (Å²) >= 11 is 0. The maximum absolute atomic E-state index is 12.7. The van der Waals surface area contributed by atoms with Crippen molar-refractivity contribution in [2.24, 2.45) is 0 Å². The second-order valence-corrected chi connectivity index (χ2v) is 6.53. The van der Waals surface area contributed by atoms with Crippen LogP contribution < -0.4 is 5.32 Å². The number of nitrogens with one attached hydrogen (secondary N) is 1. The standard InChI is InChI=1S/C19H24N4O/c1-6-20-17-15-10-23(11(2)3)19(24)16(15)21-18(22-17)14-9-7-8-12(4)13(14)5/h7-9,11H,6,10H2,1-5H3,(H,20,21,22). The first kappa shape index (κ1) is 16.4. The molecule has 1 aliphatic rings. The number of carbonyl (C=O) groups excluding carboxylic acids is 1. The van der Waals surface area contributed by atoms with E-state index in [2.05, 4.69) is 30.2 Å². The molecule has 0 bridgehead atoms. The first-order chi connectivity index (χ1) is 11.4. The predicted octanol–water partition coefficient (Wildman–Crippen LogP) is 3.56. The van der Waals surface area contributed by atoms with Crippen molar-refractivity contribution < 1.29 is 4.79 Å². The number of carbonyl (C=O) groups is 1. The molecule has 0 radical (unpaired) electrons. The van der Waals surface area contributed by atoms with Crippen molar-refractivity contribution >= 4 is 11.7 Å². The average molecular weight is 324 g/mol. The fourth-order valence-electron chi connectivity index (χ4n) is 3.03. The lowest BCUT2D eigenvalue weighted by molar-refractivity contribution is 0.0726. The normalized spacial score (nSPS) is 13.6. The first-order valence-corrected chi connectivity index (χ1v) is 8.46. The molecule has 2 aromatic rings. The van der Waals surface area contributed by atoms with Gasteiger partial charge in [-0.3, -0.25) is 4.79 Å². The third-order valence-electron chi connectivity index (χ3n) is 4.61. The van der Waals surface area contributed by atoms with Gasteiger partial charge in [0.2, 0.25) is 0 Å². The Labute approximate surface area is 143 Å². The lowest BCUT2D eigenvalue weighted by Crippen LogP contribution is -2.31. The van der Waals surface area contributed by atoms with E-state index in [9.17, 15) is 4.79 Å². The van der Waals surface area contributed by atoms with E-state index < -0.39 is 0 Å². The summed E-state index contributed by atoms with van der Waals surface area (Å²) in [7, 11) is 0. The van der Waals surface area contributed by atoms with Crippen molar-refractivity contribution in [3.63, 3.8) is 0 Å². The average Bonchev–Trinajstić information content (AvgIpc) is 2.88. The molecule has 1 aliphatic heterocycles. The smallest absolute Gasteiger partial charge is 0.273 e. The van der Waals surface area contributed by atoms with Crippen LogP contribution >= 0.6 is 0 Å². The second-order valence-electron chi connectivity index (χ2n) is 6.53. The van der Waals surface area contributed by atoms with E-state index in [-0.39, 0.29) is 11.9 Å². The van der Waals surface area contributed by atoms with Crippen LogP contribution in [0.2, 0.25) is 0 Å². The van der Waals surface area contributed by atoms with Gasteiger partial charge in [-0.2, -0.15) is 0 Å². The summed E-state index contributed by atoms with van der Waals surface area (Å²) in [5, 5.41) is 3.30. The van der Waals surface area contributed by atoms with Gasteiger partial charge in [0.05, 0.1) is 6.54 Å². The van der Waals surface area contributed by atoms with Gasteiger partial charge in [-0.15, -0.1) is 0 Å². The fourth-order valence-corrected chi connectivity index (χ4v) is 3.03. The molecule has 126 valence electrons. The summed E-state index contributed by atoms with van der Waals surface area (Å²) in [6.45, 7) is 11.5. The van der Waals surface area contributed by atoms with Gasteiger partial charge in [-0.25, -0.2) is 9.97 Å². The molecule has 5 nitrogen and oxygen atoms in total. The van der Waals surface area contributed by atoms with E-state index in [1.54, 1.807) is 0 Å². The number of benzene rings is 1. The maximum Gasteiger partial charge on any atom is 0.273 e. The summed E-state index contributed by atoms with van der Waals surface area (Å²) < 4.78 is 0. The number of hydrogen-bond donors (Lipinski definition) is 1. The zero-order valence-electron chi connectivity index (χ0n) is 15.0. The minimum atomic E-state index is -0.00638. The minimum absolute atomic E-state index is 0.00638. The summed E-state index contributed by atoms with van der Waals surface area (Å²) in [4.78, 5) is 24.0. The summed E-state index contributed by atoms with van der Waals surface area (Å²) in [5.41, 5.74) is 4.76. The van der Waals surface area contributed by atoms with Gasteiger partial charge < -0.3 is 10.2 Å². The van der Waals surface area contributed by atoms with Crippen molar-refractivity contribution in [3.8, 4) is 11.4 Å². The van der Waals surface area contributed by atoms with E-state index in [1.165, 1.54) is 5.56 Å². The first-order valence-electron chi connectivity index (χ1n) is 8.46. The molecular formula is C19H24N4O. The molecule has 0 aliphatic carbocycles. The SMILES string of the molecule is CCNc1nc(-c2cccc(C)c2C)nc2c1CN(C(C)C)C2=O. The van der Waals surface area contributed by atoms with E-state index in [0.717, 1.165) is 29.1 Å². The molecule has 0 spiro atoms. The van der Waals surface area contributed by atoms with Gasteiger partial charge in [0.15, 0.2) is 5.82 Å². The van der Waals surface area contributed by atoms with Crippen LogP contribution in [0.25, 0.3) is 11.4 Å². The number of amides is 1. The van der Waals surface area contributed by atoms with E-state index in [4.69, 9.17) is 4.98 Å². The van der Waals surface area contributed by atoms with Gasteiger partial charge in [-0.05, 0) is 45.7 Å². The molecule has 24 heavy (non-hydrogen) atoms. The van der Waals surface area contributed by atoms with Crippen molar-refractivity contribution in [1.82, 2.24) is 14.9 Å². The highest BCUT2D eigenvalue weighted by Gasteiger charge is 2.34. The molecule has 0 atom stereocenters. The molecule has 5 heteroatoms. The number of aryl methyl sites for hydroxylation is 1. The van der Waals surface area contributed by atoms with E-state index in [0.29, 0.717) is 18.1 Å². The van der Waals surface area contributed by atoms with Crippen LogP contribution in [-0.2, 0) is 6.54 Å². The molecule has 1 aromatic heterocycles. The summed E-state index contributed by atoms with van der Waals surface area (Å²) in [5.74, 6) is 1.38. The Bertz CT molecular complexity index is 798. The van der Waals surface area contributed by atoms with Crippen LogP contribution in [0, 0.1) is 13.8 Å². The quantitative estimate of drug-likeness (QED) is 0.934. The Balaban J connectivity index is 2.17. The number of hydrogen-bond acceptors (Lipinski definition) is 4. The lowest BCUT2D eigenvalue weighted by Gasteiger charge is -2.19. The zero-order chi connectivity index (χ0) is 17.4. The van der Waals surface area contributed by atoms with Crippen LogP contribution in [0.5, 0.6) is 0 Å². The highest BCUT2D eigenvalue weighted by atomic mass is 16.2. The Morgan fingerprint density at radius 3 is 2.67 bits per heavy atom. The molecule has 1 amide bonds. The Hall–Kier alpha value is -2.43. The maximum atomic E-state index is 12.7. The monoisotopic (exact) mass is 324 g/mol. The zero-order valence-corrected chi connectivity index (χ0v) is 15.0. The van der Waals surface area contributed by atoms with Gasteiger partial charge in [-0.1, -0.05) is 18.2 Å². The molecule has 1 N–H and O–H groups in total. The van der Waals surface area contributed by atoms with Crippen LogP contribution in [0.15, 0.2) is 18.2 Å². The van der Waals surface area contributed by atoms with Crippen molar-refractivity contribution in [2.75, 3.05) is 11.9 Å². The Morgan fingerprint density at radius 2 is 2.00 bits per heavy atom. The highest BCUT2D eigenvalue weighted by Crippen LogP contribution is 2.32. The third-order valence-corrected chi connectivity index (χ3v) is 4.61. The van der Waals surface area contributed by atoms with Crippen LogP contribution in [0.1, 0.15) is 48.0 Å². The molecule has 0 unspecified atom stereocenters. The van der Waals surface area contributed by atoms with Gasteiger partial charge in [0.25, 0.3) is 5.91 Å². The van der Waals surface area contributed by atoms with E-state index >= 15 is 0 Å². The molecule has 0 fully saturated rings. The molecule has 3 rings (SSSR count). The van der Waals surface area contributed by atoms with Gasteiger partial charge in [0.1, 0.15) is 11.5 Å². The topological polar surface area (TPSA) is 58.1 Å². The third kappa shape index (κ3) is 2.64.